The topological polar surface area (TPSA) is 67.2 Å². The van der Waals surface area contributed by atoms with Crippen LogP contribution in [-0.2, 0) is 10.3 Å². The number of benzene rings is 2. The van der Waals surface area contributed by atoms with Crippen LogP contribution in [0, 0.1) is 6.92 Å². The van der Waals surface area contributed by atoms with Crippen LogP contribution in [0.15, 0.2) is 42.5 Å². The third-order valence-corrected chi connectivity index (χ3v) is 6.28. The Morgan fingerprint density at radius 3 is 2.62 bits per heavy atom. The zero-order valence-electron chi connectivity index (χ0n) is 16.8. The molecule has 3 aromatic rings. The summed E-state index contributed by atoms with van der Waals surface area (Å²) in [5, 5.41) is 13.5. The number of nitrogens with zero attached hydrogens (tertiary/aromatic N) is 2. The number of aliphatic hydroxyl groups excluding tert-OH is 1. The van der Waals surface area contributed by atoms with Gasteiger partial charge in [-0.15, -0.1) is 0 Å². The third-order valence-electron chi connectivity index (χ3n) is 6.03. The molecule has 29 heavy (non-hydrogen) atoms. The first kappa shape index (κ1) is 19.9. The monoisotopic (exact) mass is 411 g/mol. The van der Waals surface area contributed by atoms with Crippen LogP contribution in [0.25, 0.3) is 11.0 Å². The lowest BCUT2D eigenvalue weighted by Gasteiger charge is -2.41. The smallest absolute Gasteiger partial charge is 0.227 e. The highest BCUT2D eigenvalue weighted by Crippen LogP contribution is 2.43. The van der Waals surface area contributed by atoms with Crippen LogP contribution < -0.4 is 5.32 Å². The molecule has 0 bridgehead atoms. The fourth-order valence-electron chi connectivity index (χ4n) is 4.15. The van der Waals surface area contributed by atoms with Gasteiger partial charge in [-0.1, -0.05) is 29.8 Å². The quantitative estimate of drug-likeness (QED) is 0.599. The summed E-state index contributed by atoms with van der Waals surface area (Å²) in [5.74, 6) is 0.146. The van der Waals surface area contributed by atoms with Gasteiger partial charge in [-0.2, -0.15) is 0 Å². The number of imidazole rings is 1. The van der Waals surface area contributed by atoms with E-state index in [0.29, 0.717) is 11.0 Å². The molecule has 0 aliphatic heterocycles. The van der Waals surface area contributed by atoms with Crippen LogP contribution in [-0.4, -0.2) is 27.2 Å². The molecule has 1 aliphatic carbocycles. The Labute approximate surface area is 175 Å². The van der Waals surface area contributed by atoms with E-state index < -0.39 is 0 Å². The van der Waals surface area contributed by atoms with E-state index in [4.69, 9.17) is 16.6 Å². The summed E-state index contributed by atoms with van der Waals surface area (Å²) in [4.78, 5) is 17.6. The first-order valence-corrected chi connectivity index (χ1v) is 10.4. The number of hydrogen-bond donors (Lipinski definition) is 2. The molecule has 1 saturated carbocycles. The Morgan fingerprint density at radius 1 is 1.28 bits per heavy atom. The minimum atomic E-state index is -0.286. The van der Waals surface area contributed by atoms with Gasteiger partial charge in [0.15, 0.2) is 0 Å². The standard InChI is InChI=1S/C23H26ClN3O2/c1-15-4-9-19-20(12-15)27(23(2)10-3-11-23)22(25-19)26-21(29)13-17(14-28)16-5-7-18(24)8-6-16/h4-9,12,17,28H,3,10-11,13-14H2,1-2H3,(H,25,26,29)/t17-/m1/s1. The van der Waals surface area contributed by atoms with Gasteiger partial charge in [-0.25, -0.2) is 4.98 Å². The van der Waals surface area contributed by atoms with Gasteiger partial charge >= 0.3 is 0 Å². The fourth-order valence-corrected chi connectivity index (χ4v) is 4.28. The maximum absolute atomic E-state index is 12.8. The highest BCUT2D eigenvalue weighted by atomic mass is 35.5. The molecule has 1 fully saturated rings. The number of anilines is 1. The van der Waals surface area contributed by atoms with Crippen LogP contribution in [0.3, 0.4) is 0 Å². The Balaban J connectivity index is 1.60. The molecule has 1 aliphatic rings. The number of carbonyl (C=O) groups is 1. The minimum absolute atomic E-state index is 0.0300. The maximum atomic E-state index is 12.8. The second-order valence-electron chi connectivity index (χ2n) is 8.30. The van der Waals surface area contributed by atoms with Crippen molar-refractivity contribution in [1.29, 1.82) is 0 Å². The van der Waals surface area contributed by atoms with Crippen molar-refractivity contribution in [2.75, 3.05) is 11.9 Å². The van der Waals surface area contributed by atoms with Gasteiger partial charge in [-0.3, -0.25) is 10.1 Å². The molecule has 6 heteroatoms. The lowest BCUT2D eigenvalue weighted by molar-refractivity contribution is -0.116. The number of amides is 1. The van der Waals surface area contributed by atoms with E-state index in [0.717, 1.165) is 29.4 Å². The Hall–Kier alpha value is -2.37. The number of hydrogen-bond acceptors (Lipinski definition) is 3. The third kappa shape index (κ3) is 3.89. The first-order valence-electron chi connectivity index (χ1n) is 10.1. The van der Waals surface area contributed by atoms with Gasteiger partial charge in [-0.05, 0) is 68.5 Å². The molecule has 1 heterocycles. The summed E-state index contributed by atoms with van der Waals surface area (Å²) in [7, 11) is 0. The number of rotatable bonds is 6. The Morgan fingerprint density at radius 2 is 2.00 bits per heavy atom. The van der Waals surface area contributed by atoms with Crippen LogP contribution in [0.1, 0.15) is 49.7 Å². The summed E-state index contributed by atoms with van der Waals surface area (Å²) in [6.45, 7) is 4.18. The van der Waals surface area contributed by atoms with Gasteiger partial charge in [0.1, 0.15) is 0 Å². The van der Waals surface area contributed by atoms with Crippen molar-refractivity contribution in [3.63, 3.8) is 0 Å². The van der Waals surface area contributed by atoms with Gasteiger partial charge in [0.2, 0.25) is 11.9 Å². The largest absolute Gasteiger partial charge is 0.396 e. The van der Waals surface area contributed by atoms with Crippen molar-refractivity contribution in [2.45, 2.75) is 51.0 Å². The predicted octanol–water partition coefficient (Wildman–Crippen LogP) is 5.00. The van der Waals surface area contributed by atoms with E-state index in [1.807, 2.05) is 24.3 Å². The Kier molecular flexibility index (Phi) is 5.36. The molecule has 0 saturated heterocycles. The van der Waals surface area contributed by atoms with Crippen LogP contribution in [0.4, 0.5) is 5.95 Å². The van der Waals surface area contributed by atoms with Crippen molar-refractivity contribution < 1.29 is 9.90 Å². The summed E-state index contributed by atoms with van der Waals surface area (Å²) in [6.07, 6.45) is 3.49. The number of aromatic nitrogens is 2. The number of fused-ring (bicyclic) bond motifs is 1. The van der Waals surface area contributed by atoms with E-state index in [2.05, 4.69) is 29.8 Å². The highest BCUT2D eigenvalue weighted by Gasteiger charge is 2.37. The van der Waals surface area contributed by atoms with Crippen LogP contribution in [0.5, 0.6) is 0 Å². The van der Waals surface area contributed by atoms with E-state index in [-0.39, 0.29) is 30.4 Å². The molecule has 0 unspecified atom stereocenters. The van der Waals surface area contributed by atoms with Gasteiger partial charge < -0.3 is 9.67 Å². The average Bonchev–Trinajstić information content (AvgIpc) is 3.02. The van der Waals surface area contributed by atoms with Gasteiger partial charge in [0.25, 0.3) is 0 Å². The second-order valence-corrected chi connectivity index (χ2v) is 8.73. The van der Waals surface area contributed by atoms with Crippen molar-refractivity contribution in [1.82, 2.24) is 9.55 Å². The molecule has 1 aromatic heterocycles. The maximum Gasteiger partial charge on any atom is 0.227 e. The molecular formula is C23H26ClN3O2. The molecular weight excluding hydrogens is 386 g/mol. The zero-order chi connectivity index (χ0) is 20.6. The lowest BCUT2D eigenvalue weighted by Crippen LogP contribution is -2.38. The summed E-state index contributed by atoms with van der Waals surface area (Å²) in [6, 6.07) is 13.4. The van der Waals surface area contributed by atoms with Crippen molar-refractivity contribution in [3.8, 4) is 0 Å². The molecule has 1 atom stereocenters. The van der Waals surface area contributed by atoms with Crippen LogP contribution in [0.2, 0.25) is 5.02 Å². The van der Waals surface area contributed by atoms with E-state index >= 15 is 0 Å². The first-order chi connectivity index (χ1) is 13.9. The van der Waals surface area contributed by atoms with Crippen molar-refractivity contribution in [2.24, 2.45) is 0 Å². The van der Waals surface area contributed by atoms with Crippen molar-refractivity contribution in [3.05, 3.63) is 58.6 Å². The lowest BCUT2D eigenvalue weighted by atomic mass is 9.78. The SMILES string of the molecule is Cc1ccc2nc(NC(=O)C[C@H](CO)c3ccc(Cl)cc3)n(C3(C)CCC3)c2c1. The summed E-state index contributed by atoms with van der Waals surface area (Å²) in [5.41, 5.74) is 3.97. The van der Waals surface area contributed by atoms with E-state index in [1.165, 1.54) is 12.0 Å². The molecule has 1 amide bonds. The molecule has 152 valence electrons. The number of carbonyl (C=O) groups excluding carboxylic acids is 1. The minimum Gasteiger partial charge on any atom is -0.396 e. The van der Waals surface area contributed by atoms with E-state index in [9.17, 15) is 9.90 Å². The van der Waals surface area contributed by atoms with E-state index in [1.54, 1.807) is 12.1 Å². The molecule has 2 aromatic carbocycles. The molecule has 0 radical (unpaired) electrons. The normalized spacial score (nSPS) is 16.4. The van der Waals surface area contributed by atoms with Gasteiger partial charge in [0, 0.05) is 22.9 Å². The Bertz CT molecular complexity index is 1040. The molecule has 5 nitrogen and oxygen atoms in total. The summed E-state index contributed by atoms with van der Waals surface area (Å²) < 4.78 is 2.19. The average molecular weight is 412 g/mol. The highest BCUT2D eigenvalue weighted by molar-refractivity contribution is 6.30. The number of aryl methyl sites for hydroxylation is 1. The second kappa shape index (κ2) is 7.81. The number of aliphatic hydroxyl groups is 1. The molecule has 2 N–H and O–H groups in total. The molecule has 0 spiro atoms. The molecule has 4 rings (SSSR count). The van der Waals surface area contributed by atoms with Crippen LogP contribution >= 0.6 is 11.6 Å². The van der Waals surface area contributed by atoms with Gasteiger partial charge in [0.05, 0.1) is 17.6 Å². The zero-order valence-corrected chi connectivity index (χ0v) is 17.5. The number of nitrogens with one attached hydrogen (secondary N) is 1. The number of halogens is 1. The van der Waals surface area contributed by atoms with Crippen molar-refractivity contribution >= 4 is 34.5 Å². The predicted molar refractivity (Wildman–Crippen MR) is 116 cm³/mol. The fraction of sp³-hybridized carbons (Fsp3) is 0.391. The summed E-state index contributed by atoms with van der Waals surface area (Å²) >= 11 is 5.95.